The van der Waals surface area contributed by atoms with Crippen LogP contribution in [0.15, 0.2) is 24.8 Å². The minimum atomic E-state index is -1.06. The molecule has 0 fully saturated rings. The average molecular weight is 178 g/mol. The van der Waals surface area contributed by atoms with Crippen LogP contribution < -0.4 is 0 Å². The van der Waals surface area contributed by atoms with Crippen LogP contribution in [-0.4, -0.2) is 16.2 Å². The Hall–Kier alpha value is -1.77. The number of carbonyl (C=O) groups is 1. The molecule has 0 atom stereocenters. The van der Waals surface area contributed by atoms with E-state index in [1.807, 2.05) is 0 Å². The van der Waals surface area contributed by atoms with Gasteiger partial charge in [-0.15, -0.1) is 0 Å². The molecule has 13 heavy (non-hydrogen) atoms. The molecule has 1 rings (SSSR count). The summed E-state index contributed by atoms with van der Waals surface area (Å²) in [6, 6.07) is 4.77. The van der Waals surface area contributed by atoms with Gasteiger partial charge in [0.05, 0.1) is 5.56 Å². The molecule has 68 valence electrons. The maximum atomic E-state index is 10.7. The molecule has 0 aliphatic carbocycles. The maximum absolute atomic E-state index is 10.7. The molecule has 0 heterocycles. The summed E-state index contributed by atoms with van der Waals surface area (Å²) in [6.45, 7) is 5.08. The van der Waals surface area contributed by atoms with Gasteiger partial charge in [-0.25, -0.2) is 4.79 Å². The van der Waals surface area contributed by atoms with Gasteiger partial charge in [0.25, 0.3) is 0 Å². The standard InChI is InChI=1S/C10H10O3/c1-6-3-4-8(7(2)11)9(5-6)10(12)13/h3-5,11H,2H2,1H3,(H,12,13). The van der Waals surface area contributed by atoms with Crippen molar-refractivity contribution < 1.29 is 15.0 Å². The first-order valence-corrected chi connectivity index (χ1v) is 3.74. The fourth-order valence-corrected chi connectivity index (χ4v) is 1.09. The lowest BCUT2D eigenvalue weighted by atomic mass is 10.0. The highest BCUT2D eigenvalue weighted by Gasteiger charge is 2.11. The second-order valence-electron chi connectivity index (χ2n) is 2.80. The minimum absolute atomic E-state index is 0.0764. The summed E-state index contributed by atoms with van der Waals surface area (Å²) in [5.74, 6) is -1.29. The predicted molar refractivity (Wildman–Crippen MR) is 49.8 cm³/mol. The average Bonchev–Trinajstić information content (AvgIpc) is 2.03. The SMILES string of the molecule is C=C(O)c1ccc(C)cc1C(=O)O. The zero-order valence-electron chi connectivity index (χ0n) is 7.24. The molecule has 0 amide bonds. The molecule has 1 aromatic carbocycles. The van der Waals surface area contributed by atoms with Gasteiger partial charge in [-0.2, -0.15) is 0 Å². The number of hydrogen-bond donors (Lipinski definition) is 2. The first-order valence-electron chi connectivity index (χ1n) is 3.74. The van der Waals surface area contributed by atoms with E-state index in [2.05, 4.69) is 6.58 Å². The molecule has 0 saturated carbocycles. The van der Waals surface area contributed by atoms with Gasteiger partial charge in [-0.05, 0) is 13.0 Å². The summed E-state index contributed by atoms with van der Waals surface area (Å²) < 4.78 is 0. The molecule has 0 bridgehead atoms. The third-order valence-electron chi connectivity index (χ3n) is 1.72. The fourth-order valence-electron chi connectivity index (χ4n) is 1.09. The van der Waals surface area contributed by atoms with Gasteiger partial charge >= 0.3 is 5.97 Å². The lowest BCUT2D eigenvalue weighted by Gasteiger charge is -2.04. The number of rotatable bonds is 2. The van der Waals surface area contributed by atoms with Crippen molar-refractivity contribution in [3.63, 3.8) is 0 Å². The number of benzene rings is 1. The normalized spacial score (nSPS) is 9.62. The number of carboxylic acid groups (broad SMARTS) is 1. The number of hydrogen-bond acceptors (Lipinski definition) is 2. The first kappa shape index (κ1) is 9.32. The van der Waals surface area contributed by atoms with Crippen molar-refractivity contribution in [3.05, 3.63) is 41.5 Å². The van der Waals surface area contributed by atoms with Gasteiger partial charge in [0, 0.05) is 5.56 Å². The lowest BCUT2D eigenvalue weighted by molar-refractivity contribution is 0.0696. The van der Waals surface area contributed by atoms with Crippen LogP contribution in [-0.2, 0) is 0 Å². The van der Waals surface area contributed by atoms with E-state index in [0.717, 1.165) is 5.56 Å². The second kappa shape index (κ2) is 3.31. The molecule has 3 nitrogen and oxygen atoms in total. The van der Waals surface area contributed by atoms with E-state index in [-0.39, 0.29) is 16.9 Å². The van der Waals surface area contributed by atoms with Gasteiger partial charge in [0.1, 0.15) is 5.76 Å². The number of aromatic carboxylic acids is 1. The van der Waals surface area contributed by atoms with Crippen molar-refractivity contribution in [2.45, 2.75) is 6.92 Å². The Kier molecular flexibility index (Phi) is 2.37. The molecule has 3 heteroatoms. The Balaban J connectivity index is 3.35. The fraction of sp³-hybridized carbons (Fsp3) is 0.100. The molecular weight excluding hydrogens is 168 g/mol. The summed E-state index contributed by atoms with van der Waals surface area (Å²) >= 11 is 0. The Morgan fingerprint density at radius 2 is 1.92 bits per heavy atom. The van der Waals surface area contributed by atoms with Gasteiger partial charge in [-0.1, -0.05) is 24.3 Å². The summed E-state index contributed by atoms with van der Waals surface area (Å²) in [7, 11) is 0. The van der Waals surface area contributed by atoms with Crippen LogP contribution in [0.25, 0.3) is 5.76 Å². The highest BCUT2D eigenvalue weighted by molar-refractivity contribution is 5.93. The van der Waals surface area contributed by atoms with Crippen molar-refractivity contribution in [2.75, 3.05) is 0 Å². The van der Waals surface area contributed by atoms with Crippen LogP contribution in [0.5, 0.6) is 0 Å². The van der Waals surface area contributed by atoms with Gasteiger partial charge in [0.2, 0.25) is 0 Å². The van der Waals surface area contributed by atoms with Crippen molar-refractivity contribution in [1.29, 1.82) is 0 Å². The second-order valence-corrected chi connectivity index (χ2v) is 2.80. The summed E-state index contributed by atoms with van der Waals surface area (Å²) in [4.78, 5) is 10.7. The van der Waals surface area contributed by atoms with Crippen LogP contribution >= 0.6 is 0 Å². The summed E-state index contributed by atoms with van der Waals surface area (Å²) in [6.07, 6.45) is 0. The van der Waals surface area contributed by atoms with Gasteiger partial charge in [-0.3, -0.25) is 0 Å². The highest BCUT2D eigenvalue weighted by Crippen LogP contribution is 2.17. The van der Waals surface area contributed by atoms with Crippen LogP contribution in [0.4, 0.5) is 0 Å². The van der Waals surface area contributed by atoms with Crippen LogP contribution in [0, 0.1) is 6.92 Å². The molecule has 0 saturated heterocycles. The van der Waals surface area contributed by atoms with E-state index >= 15 is 0 Å². The largest absolute Gasteiger partial charge is 0.508 e. The molecule has 0 radical (unpaired) electrons. The molecular formula is C10H10O3. The lowest BCUT2D eigenvalue weighted by Crippen LogP contribution is -2.01. The van der Waals surface area contributed by atoms with Gasteiger partial charge < -0.3 is 10.2 Å². The molecule has 0 unspecified atom stereocenters. The number of aliphatic hydroxyl groups is 1. The molecule has 0 spiro atoms. The number of aliphatic hydroxyl groups excluding tert-OH is 1. The Morgan fingerprint density at radius 1 is 1.31 bits per heavy atom. The summed E-state index contributed by atoms with van der Waals surface area (Å²) in [5.41, 5.74) is 1.17. The summed E-state index contributed by atoms with van der Waals surface area (Å²) in [5, 5.41) is 17.9. The van der Waals surface area contributed by atoms with E-state index < -0.39 is 5.97 Å². The molecule has 0 aliphatic rings. The van der Waals surface area contributed by atoms with E-state index in [1.54, 1.807) is 19.1 Å². The van der Waals surface area contributed by atoms with E-state index in [4.69, 9.17) is 10.2 Å². The predicted octanol–water partition coefficient (Wildman–Crippen LogP) is 2.22. The van der Waals surface area contributed by atoms with Crippen molar-refractivity contribution in [3.8, 4) is 0 Å². The highest BCUT2D eigenvalue weighted by atomic mass is 16.4. The molecule has 0 aliphatic heterocycles. The molecule has 2 N–H and O–H groups in total. The first-order chi connectivity index (χ1) is 6.02. The minimum Gasteiger partial charge on any atom is -0.508 e. The third kappa shape index (κ3) is 1.87. The molecule has 0 aromatic heterocycles. The number of aryl methyl sites for hydroxylation is 1. The Labute approximate surface area is 76.0 Å². The Morgan fingerprint density at radius 3 is 2.38 bits per heavy atom. The van der Waals surface area contributed by atoms with E-state index in [1.165, 1.54) is 6.07 Å². The maximum Gasteiger partial charge on any atom is 0.336 e. The monoisotopic (exact) mass is 178 g/mol. The van der Waals surface area contributed by atoms with Crippen molar-refractivity contribution in [1.82, 2.24) is 0 Å². The molecule has 1 aromatic rings. The smallest absolute Gasteiger partial charge is 0.336 e. The van der Waals surface area contributed by atoms with Gasteiger partial charge in [0.15, 0.2) is 0 Å². The quantitative estimate of drug-likeness (QED) is 0.682. The van der Waals surface area contributed by atoms with E-state index in [9.17, 15) is 4.79 Å². The van der Waals surface area contributed by atoms with Crippen LogP contribution in [0.3, 0.4) is 0 Å². The topological polar surface area (TPSA) is 57.5 Å². The van der Waals surface area contributed by atoms with E-state index in [0.29, 0.717) is 0 Å². The van der Waals surface area contributed by atoms with Crippen LogP contribution in [0.2, 0.25) is 0 Å². The zero-order chi connectivity index (χ0) is 10.0. The Bertz CT molecular complexity index is 366. The van der Waals surface area contributed by atoms with Crippen molar-refractivity contribution >= 4 is 11.7 Å². The van der Waals surface area contributed by atoms with Crippen molar-refractivity contribution in [2.24, 2.45) is 0 Å². The zero-order valence-corrected chi connectivity index (χ0v) is 7.24. The third-order valence-corrected chi connectivity index (χ3v) is 1.72. The number of carboxylic acids is 1. The van der Waals surface area contributed by atoms with Crippen LogP contribution in [0.1, 0.15) is 21.5 Å².